The van der Waals surface area contributed by atoms with Gasteiger partial charge in [-0.2, -0.15) is 0 Å². The molecule has 200 valence electrons. The minimum absolute atomic E-state index is 0.0189. The van der Waals surface area contributed by atoms with E-state index in [0.29, 0.717) is 36.0 Å². The summed E-state index contributed by atoms with van der Waals surface area (Å²) >= 11 is 0. The zero-order valence-electron chi connectivity index (χ0n) is 21.3. The number of carbonyl (C=O) groups excluding carboxylic acids is 1. The first-order chi connectivity index (χ1) is 18.1. The molecule has 12 heteroatoms. The standard InChI is InChI=1S/C26H29FN6O5/c1-26(2,3)38-25(34)31-32-14-6-7-17(16-32)29-24-28-13-12-21(30-24)19-8-4-5-9-22(19)37-23-11-10-18(33(35)36)15-20(23)27/h4-5,8-13,15,17H,6-7,14,16H2,1-3H3,(H,31,34)(H,28,29,30)/t17-/m0/s1. The second-order valence-corrected chi connectivity index (χ2v) is 9.78. The summed E-state index contributed by atoms with van der Waals surface area (Å²) in [5, 5.41) is 16.0. The third-order valence-electron chi connectivity index (χ3n) is 5.57. The van der Waals surface area contributed by atoms with Crippen LogP contribution in [0.15, 0.2) is 54.7 Å². The van der Waals surface area contributed by atoms with E-state index in [9.17, 15) is 19.3 Å². The van der Waals surface area contributed by atoms with Gasteiger partial charge in [-0.1, -0.05) is 12.1 Å². The first-order valence-corrected chi connectivity index (χ1v) is 12.1. The maximum Gasteiger partial charge on any atom is 0.422 e. The van der Waals surface area contributed by atoms with E-state index in [1.165, 1.54) is 12.1 Å². The first-order valence-electron chi connectivity index (χ1n) is 12.1. The van der Waals surface area contributed by atoms with Gasteiger partial charge in [0.25, 0.3) is 5.69 Å². The summed E-state index contributed by atoms with van der Waals surface area (Å²) in [7, 11) is 0. The van der Waals surface area contributed by atoms with Crippen molar-refractivity contribution in [2.75, 3.05) is 18.4 Å². The number of para-hydroxylation sites is 1. The molecule has 2 heterocycles. The molecule has 1 aliphatic rings. The predicted octanol–water partition coefficient (Wildman–Crippen LogP) is 5.30. The summed E-state index contributed by atoms with van der Waals surface area (Å²) in [6.45, 7) is 6.66. The fraction of sp³-hybridized carbons (Fsp3) is 0.346. The number of anilines is 1. The maximum atomic E-state index is 14.4. The number of amides is 1. The molecule has 1 saturated heterocycles. The quantitative estimate of drug-likeness (QED) is 0.312. The number of benzene rings is 2. The number of non-ortho nitro benzene ring substituents is 1. The van der Waals surface area contributed by atoms with Crippen molar-refractivity contribution in [3.05, 3.63) is 70.7 Å². The molecule has 3 aromatic rings. The fourth-order valence-corrected chi connectivity index (χ4v) is 3.96. The number of hydrogen-bond donors (Lipinski definition) is 2. The van der Waals surface area contributed by atoms with Gasteiger partial charge in [-0.05, 0) is 57.9 Å². The lowest BCUT2D eigenvalue weighted by molar-refractivity contribution is -0.385. The van der Waals surface area contributed by atoms with Gasteiger partial charge in [-0.25, -0.2) is 24.2 Å². The van der Waals surface area contributed by atoms with E-state index in [0.717, 1.165) is 18.9 Å². The van der Waals surface area contributed by atoms with E-state index < -0.39 is 22.4 Å². The number of rotatable bonds is 7. The molecule has 0 unspecified atom stereocenters. The smallest absolute Gasteiger partial charge is 0.422 e. The molecule has 2 aromatic carbocycles. The molecule has 1 atom stereocenters. The van der Waals surface area contributed by atoms with Crippen molar-refractivity contribution in [1.82, 2.24) is 20.4 Å². The van der Waals surface area contributed by atoms with Crippen LogP contribution in [0.4, 0.5) is 20.8 Å². The zero-order valence-corrected chi connectivity index (χ0v) is 21.3. The maximum absolute atomic E-state index is 14.4. The Morgan fingerprint density at radius 3 is 2.71 bits per heavy atom. The van der Waals surface area contributed by atoms with Gasteiger partial charge < -0.3 is 14.8 Å². The zero-order chi connectivity index (χ0) is 27.3. The van der Waals surface area contributed by atoms with Gasteiger partial charge in [-0.15, -0.1) is 0 Å². The molecule has 4 rings (SSSR count). The van der Waals surface area contributed by atoms with Crippen molar-refractivity contribution in [1.29, 1.82) is 0 Å². The molecular weight excluding hydrogens is 495 g/mol. The monoisotopic (exact) mass is 524 g/mol. The highest BCUT2D eigenvalue weighted by Crippen LogP contribution is 2.34. The minimum atomic E-state index is -0.846. The Kier molecular flexibility index (Phi) is 8.01. The molecule has 38 heavy (non-hydrogen) atoms. The lowest BCUT2D eigenvalue weighted by Gasteiger charge is -2.33. The normalized spacial score (nSPS) is 15.9. The SMILES string of the molecule is CC(C)(C)OC(=O)NN1CCC[C@H](Nc2nccc(-c3ccccc3Oc3ccc([N+](=O)[O-])cc3F)n2)C1. The third-order valence-corrected chi connectivity index (χ3v) is 5.57. The number of halogens is 1. The van der Waals surface area contributed by atoms with Crippen LogP contribution < -0.4 is 15.5 Å². The Morgan fingerprint density at radius 1 is 1.18 bits per heavy atom. The lowest BCUT2D eigenvalue weighted by Crippen LogP contribution is -2.52. The number of nitro groups is 1. The Bertz CT molecular complexity index is 1320. The van der Waals surface area contributed by atoms with Crippen molar-refractivity contribution in [2.45, 2.75) is 45.3 Å². The molecule has 1 amide bonds. The predicted molar refractivity (Wildman–Crippen MR) is 138 cm³/mol. The summed E-state index contributed by atoms with van der Waals surface area (Å²) in [4.78, 5) is 31.3. The second-order valence-electron chi connectivity index (χ2n) is 9.78. The van der Waals surface area contributed by atoms with Gasteiger partial charge in [0.2, 0.25) is 5.95 Å². The van der Waals surface area contributed by atoms with Crippen LogP contribution in [0.2, 0.25) is 0 Å². The van der Waals surface area contributed by atoms with E-state index in [4.69, 9.17) is 9.47 Å². The lowest BCUT2D eigenvalue weighted by atomic mass is 10.1. The first kappa shape index (κ1) is 26.7. The molecule has 0 saturated carbocycles. The highest BCUT2D eigenvalue weighted by molar-refractivity contribution is 5.68. The van der Waals surface area contributed by atoms with Crippen LogP contribution in [0, 0.1) is 15.9 Å². The number of nitrogens with one attached hydrogen (secondary N) is 2. The largest absolute Gasteiger partial charge is 0.454 e. The highest BCUT2D eigenvalue weighted by Gasteiger charge is 2.24. The Labute approximate surface area is 219 Å². The number of aromatic nitrogens is 2. The Morgan fingerprint density at radius 2 is 1.97 bits per heavy atom. The van der Waals surface area contributed by atoms with E-state index in [-0.39, 0.29) is 17.5 Å². The van der Waals surface area contributed by atoms with Crippen molar-refractivity contribution >= 4 is 17.7 Å². The van der Waals surface area contributed by atoms with Gasteiger partial charge in [-0.3, -0.25) is 15.5 Å². The number of nitrogens with zero attached hydrogens (tertiary/aromatic N) is 4. The number of ether oxygens (including phenoxy) is 2. The number of hydrogen-bond acceptors (Lipinski definition) is 9. The van der Waals surface area contributed by atoms with Crippen LogP contribution in [-0.2, 0) is 4.74 Å². The molecule has 0 radical (unpaired) electrons. The van der Waals surface area contributed by atoms with Crippen LogP contribution in [0.3, 0.4) is 0 Å². The van der Waals surface area contributed by atoms with Crippen LogP contribution in [0.1, 0.15) is 33.6 Å². The topological polar surface area (TPSA) is 132 Å². The molecule has 11 nitrogen and oxygen atoms in total. The fourth-order valence-electron chi connectivity index (χ4n) is 3.96. The molecule has 0 bridgehead atoms. The summed E-state index contributed by atoms with van der Waals surface area (Å²) in [6, 6.07) is 11.9. The average Bonchev–Trinajstić information content (AvgIpc) is 2.84. The van der Waals surface area contributed by atoms with E-state index in [1.807, 2.05) is 20.8 Å². The van der Waals surface area contributed by atoms with Crippen molar-refractivity contribution in [3.63, 3.8) is 0 Å². The number of nitro benzene ring substituents is 1. The summed E-state index contributed by atoms with van der Waals surface area (Å²) in [5.41, 5.74) is 2.96. The van der Waals surface area contributed by atoms with Gasteiger partial charge in [0.1, 0.15) is 11.4 Å². The molecule has 0 spiro atoms. The van der Waals surface area contributed by atoms with Crippen LogP contribution in [-0.4, -0.2) is 50.7 Å². The number of piperidine rings is 1. The van der Waals surface area contributed by atoms with E-state index in [2.05, 4.69) is 20.7 Å². The van der Waals surface area contributed by atoms with Crippen molar-refractivity contribution < 1.29 is 23.6 Å². The number of hydrazine groups is 1. The van der Waals surface area contributed by atoms with Crippen molar-refractivity contribution in [2.24, 2.45) is 0 Å². The second kappa shape index (κ2) is 11.4. The summed E-state index contributed by atoms with van der Waals surface area (Å²) < 4.78 is 25.5. The molecule has 1 aromatic heterocycles. The minimum Gasteiger partial charge on any atom is -0.454 e. The third kappa shape index (κ3) is 7.13. The average molecular weight is 525 g/mol. The Hall–Kier alpha value is -4.32. The van der Waals surface area contributed by atoms with Crippen LogP contribution in [0.25, 0.3) is 11.3 Å². The summed E-state index contributed by atoms with van der Waals surface area (Å²) in [6.07, 6.45) is 2.81. The van der Waals surface area contributed by atoms with Gasteiger partial charge >= 0.3 is 6.09 Å². The number of carbonyl (C=O) groups is 1. The summed E-state index contributed by atoms with van der Waals surface area (Å²) in [5.74, 6) is -0.269. The van der Waals surface area contributed by atoms with Gasteiger partial charge in [0, 0.05) is 37.0 Å². The molecule has 1 aliphatic heterocycles. The van der Waals surface area contributed by atoms with Crippen LogP contribution >= 0.6 is 0 Å². The highest BCUT2D eigenvalue weighted by atomic mass is 19.1. The van der Waals surface area contributed by atoms with Gasteiger partial charge in [0.15, 0.2) is 11.6 Å². The van der Waals surface area contributed by atoms with Crippen molar-refractivity contribution in [3.8, 4) is 22.8 Å². The molecule has 1 fully saturated rings. The molecule has 0 aliphatic carbocycles. The van der Waals surface area contributed by atoms with E-state index in [1.54, 1.807) is 41.5 Å². The van der Waals surface area contributed by atoms with Gasteiger partial charge in [0.05, 0.1) is 16.7 Å². The molecular formula is C26H29FN6O5. The van der Waals surface area contributed by atoms with Crippen LogP contribution in [0.5, 0.6) is 11.5 Å². The molecule has 2 N–H and O–H groups in total. The van der Waals surface area contributed by atoms with E-state index >= 15 is 0 Å². The Balaban J connectivity index is 1.46.